The van der Waals surface area contributed by atoms with Gasteiger partial charge in [-0.1, -0.05) is 18.2 Å². The standard InChI is InChI=1S/C18H22N2O3S/c1-23-18-7-3-14(4-8-18)9-10-20-12-15-5-6-17(11-16(15)13-20)19-24(2,21)22/h3-8,11,19H,9-10,12-13H2,1-2H3. The molecule has 0 bridgehead atoms. The molecule has 24 heavy (non-hydrogen) atoms. The fourth-order valence-corrected chi connectivity index (χ4v) is 3.54. The molecule has 0 amide bonds. The molecular weight excluding hydrogens is 324 g/mol. The molecule has 1 N–H and O–H groups in total. The van der Waals surface area contributed by atoms with Gasteiger partial charge in [-0.2, -0.15) is 0 Å². The number of fused-ring (bicyclic) bond motifs is 1. The maximum Gasteiger partial charge on any atom is 0.229 e. The first-order valence-electron chi connectivity index (χ1n) is 7.88. The summed E-state index contributed by atoms with van der Waals surface area (Å²) in [7, 11) is -1.56. The van der Waals surface area contributed by atoms with E-state index >= 15 is 0 Å². The first-order valence-corrected chi connectivity index (χ1v) is 9.77. The van der Waals surface area contributed by atoms with Gasteiger partial charge in [-0.15, -0.1) is 0 Å². The Morgan fingerprint density at radius 1 is 1.08 bits per heavy atom. The van der Waals surface area contributed by atoms with E-state index in [-0.39, 0.29) is 0 Å². The van der Waals surface area contributed by atoms with Gasteiger partial charge >= 0.3 is 0 Å². The summed E-state index contributed by atoms with van der Waals surface area (Å²) in [6.45, 7) is 2.73. The van der Waals surface area contributed by atoms with Crippen LogP contribution >= 0.6 is 0 Å². The summed E-state index contributed by atoms with van der Waals surface area (Å²) in [6, 6.07) is 13.9. The van der Waals surface area contributed by atoms with Gasteiger partial charge in [-0.05, 0) is 47.4 Å². The Kier molecular flexibility index (Phi) is 4.78. The first kappa shape index (κ1) is 16.8. The number of nitrogens with zero attached hydrogens (tertiary/aromatic N) is 1. The highest BCUT2D eigenvalue weighted by Gasteiger charge is 2.19. The van der Waals surface area contributed by atoms with Crippen molar-refractivity contribution in [2.24, 2.45) is 0 Å². The third-order valence-corrected chi connectivity index (χ3v) is 4.78. The zero-order chi connectivity index (χ0) is 17.2. The number of ether oxygens (including phenoxy) is 1. The molecule has 0 fully saturated rings. The van der Waals surface area contributed by atoms with E-state index in [1.165, 1.54) is 22.9 Å². The molecule has 128 valence electrons. The van der Waals surface area contributed by atoms with E-state index in [4.69, 9.17) is 4.74 Å². The van der Waals surface area contributed by atoms with Crippen LogP contribution in [0.4, 0.5) is 5.69 Å². The Morgan fingerprint density at radius 2 is 1.79 bits per heavy atom. The normalized spacial score (nSPS) is 14.4. The van der Waals surface area contributed by atoms with Crippen LogP contribution in [0.5, 0.6) is 5.75 Å². The van der Waals surface area contributed by atoms with Gasteiger partial charge in [-0.25, -0.2) is 8.42 Å². The summed E-state index contributed by atoms with van der Waals surface area (Å²) in [4.78, 5) is 2.37. The van der Waals surface area contributed by atoms with Gasteiger partial charge in [0.2, 0.25) is 10.0 Å². The van der Waals surface area contributed by atoms with Crippen LogP contribution in [0.2, 0.25) is 0 Å². The molecule has 1 heterocycles. The lowest BCUT2D eigenvalue weighted by Crippen LogP contribution is -2.19. The average Bonchev–Trinajstić information content (AvgIpc) is 2.94. The van der Waals surface area contributed by atoms with Gasteiger partial charge in [0.25, 0.3) is 0 Å². The summed E-state index contributed by atoms with van der Waals surface area (Å²) in [6.07, 6.45) is 2.15. The van der Waals surface area contributed by atoms with E-state index in [1.807, 2.05) is 30.3 Å². The minimum atomic E-state index is -3.23. The molecule has 3 rings (SSSR count). The van der Waals surface area contributed by atoms with E-state index in [1.54, 1.807) is 7.11 Å². The van der Waals surface area contributed by atoms with Crippen molar-refractivity contribution in [3.63, 3.8) is 0 Å². The second kappa shape index (κ2) is 6.83. The summed E-state index contributed by atoms with van der Waals surface area (Å²) in [5, 5.41) is 0. The maximum absolute atomic E-state index is 11.3. The Hall–Kier alpha value is -2.05. The highest BCUT2D eigenvalue weighted by atomic mass is 32.2. The van der Waals surface area contributed by atoms with Crippen molar-refractivity contribution in [1.29, 1.82) is 0 Å². The molecule has 0 atom stereocenters. The molecule has 2 aromatic carbocycles. The van der Waals surface area contributed by atoms with Crippen molar-refractivity contribution in [3.05, 3.63) is 59.2 Å². The van der Waals surface area contributed by atoms with Crippen molar-refractivity contribution >= 4 is 15.7 Å². The molecule has 1 aliphatic rings. The summed E-state index contributed by atoms with van der Waals surface area (Å²) < 4.78 is 30.4. The van der Waals surface area contributed by atoms with Crippen molar-refractivity contribution in [2.45, 2.75) is 19.5 Å². The number of nitrogens with one attached hydrogen (secondary N) is 1. The number of methoxy groups -OCH3 is 1. The maximum atomic E-state index is 11.3. The lowest BCUT2D eigenvalue weighted by atomic mass is 10.1. The summed E-state index contributed by atoms with van der Waals surface area (Å²) >= 11 is 0. The predicted octanol–water partition coefficient (Wildman–Crippen LogP) is 2.63. The molecule has 1 aliphatic heterocycles. The molecular formula is C18H22N2O3S. The molecule has 0 radical (unpaired) electrons. The Labute approximate surface area is 143 Å². The molecule has 0 aliphatic carbocycles. The van der Waals surface area contributed by atoms with Gasteiger partial charge in [0.1, 0.15) is 5.75 Å². The fraction of sp³-hybridized carbons (Fsp3) is 0.333. The Bertz CT molecular complexity index is 817. The monoisotopic (exact) mass is 346 g/mol. The Morgan fingerprint density at radius 3 is 2.46 bits per heavy atom. The van der Waals surface area contributed by atoms with Gasteiger partial charge in [0.15, 0.2) is 0 Å². The zero-order valence-electron chi connectivity index (χ0n) is 14.0. The SMILES string of the molecule is COc1ccc(CCN2Cc3ccc(NS(C)(=O)=O)cc3C2)cc1. The number of benzene rings is 2. The van der Waals surface area contributed by atoms with E-state index in [9.17, 15) is 8.42 Å². The van der Waals surface area contributed by atoms with Gasteiger partial charge in [-0.3, -0.25) is 9.62 Å². The van der Waals surface area contributed by atoms with E-state index < -0.39 is 10.0 Å². The van der Waals surface area contributed by atoms with Crippen LogP contribution in [-0.4, -0.2) is 33.2 Å². The molecule has 2 aromatic rings. The molecule has 0 spiro atoms. The first-order chi connectivity index (χ1) is 11.4. The number of hydrogen-bond donors (Lipinski definition) is 1. The van der Waals surface area contributed by atoms with E-state index in [0.717, 1.165) is 31.8 Å². The van der Waals surface area contributed by atoms with E-state index in [0.29, 0.717) is 5.69 Å². The number of hydrogen-bond acceptors (Lipinski definition) is 4. The van der Waals surface area contributed by atoms with Crippen molar-refractivity contribution < 1.29 is 13.2 Å². The van der Waals surface area contributed by atoms with Crippen LogP contribution in [-0.2, 0) is 29.5 Å². The summed E-state index contributed by atoms with van der Waals surface area (Å²) in [5.41, 5.74) is 4.38. The van der Waals surface area contributed by atoms with E-state index in [2.05, 4.69) is 21.8 Å². The minimum absolute atomic E-state index is 0.633. The number of anilines is 1. The zero-order valence-corrected chi connectivity index (χ0v) is 14.8. The second-order valence-electron chi connectivity index (χ2n) is 6.17. The van der Waals surface area contributed by atoms with Crippen molar-refractivity contribution in [3.8, 4) is 5.75 Å². The average molecular weight is 346 g/mol. The third kappa shape index (κ3) is 4.27. The molecule has 0 saturated carbocycles. The highest BCUT2D eigenvalue weighted by Crippen LogP contribution is 2.26. The lowest BCUT2D eigenvalue weighted by molar-refractivity contribution is 0.288. The van der Waals surface area contributed by atoms with Gasteiger partial charge in [0.05, 0.1) is 13.4 Å². The lowest BCUT2D eigenvalue weighted by Gasteiger charge is -2.14. The van der Waals surface area contributed by atoms with Gasteiger partial charge in [0, 0.05) is 25.3 Å². The highest BCUT2D eigenvalue weighted by molar-refractivity contribution is 7.92. The fourth-order valence-electron chi connectivity index (χ4n) is 2.98. The van der Waals surface area contributed by atoms with Crippen molar-refractivity contribution in [2.75, 3.05) is 24.6 Å². The van der Waals surface area contributed by atoms with Crippen LogP contribution in [0.1, 0.15) is 16.7 Å². The number of sulfonamides is 1. The molecule has 0 aromatic heterocycles. The van der Waals surface area contributed by atoms with Crippen LogP contribution in [0.15, 0.2) is 42.5 Å². The smallest absolute Gasteiger partial charge is 0.229 e. The molecule has 0 unspecified atom stereocenters. The molecule has 0 saturated heterocycles. The predicted molar refractivity (Wildman–Crippen MR) is 95.7 cm³/mol. The molecule has 6 heteroatoms. The molecule has 5 nitrogen and oxygen atoms in total. The quantitative estimate of drug-likeness (QED) is 0.873. The van der Waals surface area contributed by atoms with Crippen LogP contribution in [0, 0.1) is 0 Å². The largest absolute Gasteiger partial charge is 0.497 e. The van der Waals surface area contributed by atoms with Crippen LogP contribution in [0.3, 0.4) is 0 Å². The van der Waals surface area contributed by atoms with Crippen LogP contribution in [0.25, 0.3) is 0 Å². The third-order valence-electron chi connectivity index (χ3n) is 4.17. The number of rotatable bonds is 6. The second-order valence-corrected chi connectivity index (χ2v) is 7.91. The van der Waals surface area contributed by atoms with Crippen molar-refractivity contribution in [1.82, 2.24) is 4.90 Å². The Balaban J connectivity index is 1.59. The summed E-state index contributed by atoms with van der Waals surface area (Å²) in [5.74, 6) is 0.873. The topological polar surface area (TPSA) is 58.6 Å². The van der Waals surface area contributed by atoms with Crippen LogP contribution < -0.4 is 9.46 Å². The minimum Gasteiger partial charge on any atom is -0.497 e. The van der Waals surface area contributed by atoms with Gasteiger partial charge < -0.3 is 4.74 Å².